The summed E-state index contributed by atoms with van der Waals surface area (Å²) < 4.78 is 0.850. The molecule has 0 bridgehead atoms. The van der Waals surface area contributed by atoms with Crippen LogP contribution >= 0.6 is 22.9 Å². The molecule has 1 aliphatic rings. The summed E-state index contributed by atoms with van der Waals surface area (Å²) in [6.45, 7) is 7.84. The summed E-state index contributed by atoms with van der Waals surface area (Å²) >= 11 is 7.70. The van der Waals surface area contributed by atoms with Crippen LogP contribution in [-0.4, -0.2) is 23.0 Å². The van der Waals surface area contributed by atoms with E-state index in [0.29, 0.717) is 6.04 Å². The van der Waals surface area contributed by atoms with Crippen LogP contribution in [0.3, 0.4) is 0 Å². The molecule has 2 atom stereocenters. The number of thiophene rings is 1. The third-order valence-electron chi connectivity index (χ3n) is 3.68. The smallest absolute Gasteiger partial charge is 0.0931 e. The molecule has 2 rings (SSSR count). The number of halogens is 1. The molecule has 0 saturated carbocycles. The van der Waals surface area contributed by atoms with Crippen LogP contribution in [0.4, 0.5) is 0 Å². The number of hydrogen-bond donors (Lipinski definition) is 1. The van der Waals surface area contributed by atoms with Crippen LogP contribution in [0.1, 0.15) is 44.5 Å². The molecule has 2 nitrogen and oxygen atoms in total. The van der Waals surface area contributed by atoms with Gasteiger partial charge in [-0.05, 0) is 52.3 Å². The summed E-state index contributed by atoms with van der Waals surface area (Å²) in [6, 6.07) is 4.52. The first-order valence-corrected chi connectivity index (χ1v) is 7.39. The van der Waals surface area contributed by atoms with Crippen LogP contribution in [0.15, 0.2) is 12.1 Å². The van der Waals surface area contributed by atoms with Crippen molar-refractivity contribution >= 4 is 22.9 Å². The molecule has 0 aliphatic carbocycles. The molecular weight excluding hydrogens is 252 g/mol. The van der Waals surface area contributed by atoms with Crippen molar-refractivity contribution in [3.63, 3.8) is 0 Å². The van der Waals surface area contributed by atoms with Crippen molar-refractivity contribution in [2.45, 2.75) is 51.2 Å². The zero-order valence-electron chi connectivity index (χ0n) is 10.7. The van der Waals surface area contributed by atoms with E-state index >= 15 is 0 Å². The first kappa shape index (κ1) is 13.3. The van der Waals surface area contributed by atoms with Crippen molar-refractivity contribution in [3.8, 4) is 0 Å². The van der Waals surface area contributed by atoms with E-state index < -0.39 is 0 Å². The second kappa shape index (κ2) is 4.88. The Bertz CT molecular complexity index is 387. The second-order valence-corrected chi connectivity index (χ2v) is 7.30. The highest BCUT2D eigenvalue weighted by molar-refractivity contribution is 7.16. The van der Waals surface area contributed by atoms with Gasteiger partial charge in [0.1, 0.15) is 0 Å². The minimum absolute atomic E-state index is 0.127. The lowest BCUT2D eigenvalue weighted by atomic mass is 9.97. The van der Waals surface area contributed by atoms with E-state index in [1.165, 1.54) is 17.7 Å². The van der Waals surface area contributed by atoms with E-state index in [2.05, 4.69) is 31.7 Å². The van der Waals surface area contributed by atoms with Gasteiger partial charge < -0.3 is 5.73 Å². The molecule has 0 spiro atoms. The minimum atomic E-state index is 0.127. The molecule has 0 aromatic carbocycles. The summed E-state index contributed by atoms with van der Waals surface area (Å²) in [5, 5.41) is 0. The lowest BCUT2D eigenvalue weighted by Gasteiger charge is -2.40. The average molecular weight is 273 g/mol. The Morgan fingerprint density at radius 3 is 2.59 bits per heavy atom. The number of likely N-dealkylation sites (tertiary alicyclic amines) is 1. The number of hydrogen-bond acceptors (Lipinski definition) is 3. The molecule has 4 heteroatoms. The lowest BCUT2D eigenvalue weighted by molar-refractivity contribution is 0.103. The lowest BCUT2D eigenvalue weighted by Crippen LogP contribution is -2.46. The fourth-order valence-electron chi connectivity index (χ4n) is 2.83. The summed E-state index contributed by atoms with van der Waals surface area (Å²) in [6.07, 6.45) is 2.50. The van der Waals surface area contributed by atoms with Gasteiger partial charge in [-0.15, -0.1) is 11.3 Å². The third-order valence-corrected chi connectivity index (χ3v) is 4.99. The topological polar surface area (TPSA) is 29.3 Å². The van der Waals surface area contributed by atoms with Gasteiger partial charge in [0.25, 0.3) is 0 Å². The van der Waals surface area contributed by atoms with Gasteiger partial charge in [0.15, 0.2) is 0 Å². The standard InChI is InChI=1S/C13H21ClN2S/c1-9(15)12(10-5-6-11(14)17-10)16-8-4-7-13(16,2)3/h5-6,9,12H,4,7-8,15H2,1-3H3. The van der Waals surface area contributed by atoms with Crippen LogP contribution < -0.4 is 5.73 Å². The second-order valence-electron chi connectivity index (χ2n) is 5.56. The van der Waals surface area contributed by atoms with Crippen LogP contribution in [0.5, 0.6) is 0 Å². The van der Waals surface area contributed by atoms with Gasteiger partial charge in [-0.1, -0.05) is 11.6 Å². The molecule has 2 unspecified atom stereocenters. The molecule has 1 aromatic heterocycles. The molecule has 1 aromatic rings. The molecule has 1 saturated heterocycles. The highest BCUT2D eigenvalue weighted by Crippen LogP contribution is 2.40. The number of nitrogens with zero attached hydrogens (tertiary/aromatic N) is 1. The predicted molar refractivity (Wildman–Crippen MR) is 75.7 cm³/mol. The largest absolute Gasteiger partial charge is 0.326 e. The molecule has 1 aliphatic heterocycles. The zero-order chi connectivity index (χ0) is 12.6. The molecular formula is C13H21ClN2S. The Morgan fingerprint density at radius 1 is 1.47 bits per heavy atom. The maximum atomic E-state index is 6.20. The van der Waals surface area contributed by atoms with Gasteiger partial charge in [0.05, 0.1) is 10.4 Å². The quantitative estimate of drug-likeness (QED) is 0.910. The first-order valence-electron chi connectivity index (χ1n) is 6.19. The van der Waals surface area contributed by atoms with Crippen LogP contribution in [0, 0.1) is 0 Å². The normalized spacial score (nSPS) is 23.8. The average Bonchev–Trinajstić information content (AvgIpc) is 2.75. The Hall–Kier alpha value is -0.0900. The zero-order valence-corrected chi connectivity index (χ0v) is 12.3. The Morgan fingerprint density at radius 2 is 2.18 bits per heavy atom. The maximum Gasteiger partial charge on any atom is 0.0931 e. The van der Waals surface area contributed by atoms with Gasteiger partial charge in [0.2, 0.25) is 0 Å². The monoisotopic (exact) mass is 272 g/mol. The molecule has 0 radical (unpaired) electrons. The fraction of sp³-hybridized carbons (Fsp3) is 0.692. The minimum Gasteiger partial charge on any atom is -0.326 e. The summed E-state index contributed by atoms with van der Waals surface area (Å²) in [5.41, 5.74) is 6.45. The fourth-order valence-corrected chi connectivity index (χ4v) is 4.12. The van der Waals surface area contributed by atoms with E-state index in [9.17, 15) is 0 Å². The highest BCUT2D eigenvalue weighted by atomic mass is 35.5. The SMILES string of the molecule is CC(N)C(c1ccc(Cl)s1)N1CCCC1(C)C. The molecule has 17 heavy (non-hydrogen) atoms. The Kier molecular flexibility index (Phi) is 3.83. The van der Waals surface area contributed by atoms with E-state index in [1.807, 2.05) is 6.07 Å². The van der Waals surface area contributed by atoms with E-state index in [4.69, 9.17) is 17.3 Å². The van der Waals surface area contributed by atoms with E-state index in [1.54, 1.807) is 11.3 Å². The third kappa shape index (κ3) is 2.68. The van der Waals surface area contributed by atoms with Crippen molar-refractivity contribution in [2.75, 3.05) is 6.54 Å². The molecule has 96 valence electrons. The maximum absolute atomic E-state index is 6.20. The predicted octanol–water partition coefficient (Wildman–Crippen LogP) is 3.66. The number of rotatable bonds is 3. The van der Waals surface area contributed by atoms with Gasteiger partial charge in [0, 0.05) is 16.5 Å². The van der Waals surface area contributed by atoms with Crippen molar-refractivity contribution in [3.05, 3.63) is 21.3 Å². The first-order chi connectivity index (χ1) is 7.92. The molecule has 2 N–H and O–H groups in total. The van der Waals surface area contributed by atoms with Crippen molar-refractivity contribution in [2.24, 2.45) is 5.73 Å². The van der Waals surface area contributed by atoms with Gasteiger partial charge in [-0.2, -0.15) is 0 Å². The van der Waals surface area contributed by atoms with Crippen LogP contribution in [0.2, 0.25) is 4.34 Å². The summed E-state index contributed by atoms with van der Waals surface area (Å²) in [7, 11) is 0. The van der Waals surface area contributed by atoms with Crippen LogP contribution in [-0.2, 0) is 0 Å². The summed E-state index contributed by atoms with van der Waals surface area (Å²) in [5.74, 6) is 0. The van der Waals surface area contributed by atoms with Crippen LogP contribution in [0.25, 0.3) is 0 Å². The highest BCUT2D eigenvalue weighted by Gasteiger charge is 2.39. The molecule has 2 heterocycles. The van der Waals surface area contributed by atoms with E-state index in [-0.39, 0.29) is 11.6 Å². The van der Waals surface area contributed by atoms with E-state index in [0.717, 1.165) is 10.9 Å². The Balaban J connectivity index is 2.30. The van der Waals surface area contributed by atoms with Crippen molar-refractivity contribution in [1.29, 1.82) is 0 Å². The van der Waals surface area contributed by atoms with Gasteiger partial charge >= 0.3 is 0 Å². The molecule has 1 fully saturated rings. The van der Waals surface area contributed by atoms with Gasteiger partial charge in [-0.25, -0.2) is 0 Å². The summed E-state index contributed by atoms with van der Waals surface area (Å²) in [4.78, 5) is 3.83. The number of nitrogens with two attached hydrogens (primary N) is 1. The molecule has 0 amide bonds. The van der Waals surface area contributed by atoms with Crippen molar-refractivity contribution < 1.29 is 0 Å². The van der Waals surface area contributed by atoms with Crippen molar-refractivity contribution in [1.82, 2.24) is 4.90 Å². The Labute approximate surface area is 113 Å². The van der Waals surface area contributed by atoms with Gasteiger partial charge in [-0.3, -0.25) is 4.90 Å².